The Hall–Kier alpha value is -3.02. The van der Waals surface area contributed by atoms with E-state index in [4.69, 9.17) is 9.47 Å². The number of carbonyl (C=O) groups excluding carboxylic acids is 1. The van der Waals surface area contributed by atoms with Crippen LogP contribution in [0.5, 0.6) is 17.2 Å². The van der Waals surface area contributed by atoms with Gasteiger partial charge in [0.05, 0.1) is 26.0 Å². The third kappa shape index (κ3) is 3.35. The fourth-order valence-corrected chi connectivity index (χ4v) is 3.06. The van der Waals surface area contributed by atoms with Gasteiger partial charge < -0.3 is 14.6 Å². The lowest BCUT2D eigenvalue weighted by Gasteiger charge is -2.22. The van der Waals surface area contributed by atoms with Crippen LogP contribution in [0, 0.1) is 0 Å². The van der Waals surface area contributed by atoms with Crippen molar-refractivity contribution in [2.45, 2.75) is 25.8 Å². The number of phenols is 1. The van der Waals surface area contributed by atoms with Gasteiger partial charge in [-0.2, -0.15) is 5.10 Å². The molecule has 0 bridgehead atoms. The first-order valence-corrected chi connectivity index (χ1v) is 8.48. The van der Waals surface area contributed by atoms with Crippen molar-refractivity contribution >= 4 is 11.6 Å². The lowest BCUT2D eigenvalue weighted by atomic mass is 9.97. The molecule has 1 aliphatic heterocycles. The smallest absolute Gasteiger partial charge is 0.242 e. The Morgan fingerprint density at radius 2 is 1.85 bits per heavy atom. The maximum atomic E-state index is 12.5. The highest BCUT2D eigenvalue weighted by Crippen LogP contribution is 2.37. The standard InChI is InChI=1S/C20H22N2O4/c1-4-20(24)22-18(13-9-14(25-2)11-15(10-13)26-3)12-17(21-22)16-7-5-6-8-19(16)23/h5-11,18,23H,4,12H2,1-3H3/t18-/m1/s1. The average molecular weight is 354 g/mol. The molecule has 2 aromatic rings. The zero-order valence-corrected chi connectivity index (χ0v) is 15.1. The number of methoxy groups -OCH3 is 2. The summed E-state index contributed by atoms with van der Waals surface area (Å²) < 4.78 is 10.7. The fourth-order valence-electron chi connectivity index (χ4n) is 3.06. The van der Waals surface area contributed by atoms with Crippen LogP contribution in [0.3, 0.4) is 0 Å². The van der Waals surface area contributed by atoms with Gasteiger partial charge in [0.25, 0.3) is 0 Å². The van der Waals surface area contributed by atoms with E-state index in [0.717, 1.165) is 5.56 Å². The number of benzene rings is 2. The largest absolute Gasteiger partial charge is 0.507 e. The van der Waals surface area contributed by atoms with E-state index >= 15 is 0 Å². The normalized spacial score (nSPS) is 16.3. The quantitative estimate of drug-likeness (QED) is 0.892. The summed E-state index contributed by atoms with van der Waals surface area (Å²) in [5.41, 5.74) is 2.19. The second kappa shape index (κ2) is 7.47. The first-order chi connectivity index (χ1) is 12.6. The molecule has 26 heavy (non-hydrogen) atoms. The number of amides is 1. The highest BCUT2D eigenvalue weighted by molar-refractivity contribution is 6.05. The first-order valence-electron chi connectivity index (χ1n) is 8.48. The maximum absolute atomic E-state index is 12.5. The van der Waals surface area contributed by atoms with Crippen LogP contribution in [-0.4, -0.2) is 36.0 Å². The molecule has 0 saturated heterocycles. The van der Waals surface area contributed by atoms with Crippen LogP contribution in [0.4, 0.5) is 0 Å². The summed E-state index contributed by atoms with van der Waals surface area (Å²) in [7, 11) is 3.18. The summed E-state index contributed by atoms with van der Waals surface area (Å²) in [6, 6.07) is 12.3. The van der Waals surface area contributed by atoms with Gasteiger partial charge in [0, 0.05) is 24.5 Å². The maximum Gasteiger partial charge on any atom is 0.242 e. The molecule has 0 aliphatic carbocycles. The molecule has 0 saturated carbocycles. The molecule has 0 unspecified atom stereocenters. The summed E-state index contributed by atoms with van der Waals surface area (Å²) in [4.78, 5) is 12.5. The molecule has 6 heteroatoms. The van der Waals surface area contributed by atoms with Gasteiger partial charge in [-0.3, -0.25) is 4.79 Å². The molecule has 136 valence electrons. The lowest BCUT2D eigenvalue weighted by Crippen LogP contribution is -2.26. The van der Waals surface area contributed by atoms with Crippen molar-refractivity contribution in [2.75, 3.05) is 14.2 Å². The van der Waals surface area contributed by atoms with E-state index in [1.807, 2.05) is 18.2 Å². The summed E-state index contributed by atoms with van der Waals surface area (Å²) >= 11 is 0. The summed E-state index contributed by atoms with van der Waals surface area (Å²) in [5.74, 6) is 1.37. The Morgan fingerprint density at radius 3 is 2.42 bits per heavy atom. The van der Waals surface area contributed by atoms with Crippen molar-refractivity contribution < 1.29 is 19.4 Å². The third-order valence-electron chi connectivity index (χ3n) is 4.44. The number of hydrazone groups is 1. The molecule has 0 aromatic heterocycles. The van der Waals surface area contributed by atoms with E-state index in [1.165, 1.54) is 5.01 Å². The van der Waals surface area contributed by atoms with Crippen LogP contribution in [0.15, 0.2) is 47.6 Å². The topological polar surface area (TPSA) is 71.4 Å². The first kappa shape index (κ1) is 17.8. The molecule has 1 heterocycles. The Bertz CT molecular complexity index is 825. The fraction of sp³-hybridized carbons (Fsp3) is 0.300. The molecule has 0 radical (unpaired) electrons. The Balaban J connectivity index is 2.02. The van der Waals surface area contributed by atoms with Gasteiger partial charge in [-0.05, 0) is 29.8 Å². The van der Waals surface area contributed by atoms with Gasteiger partial charge in [0.15, 0.2) is 0 Å². The van der Waals surface area contributed by atoms with E-state index in [1.54, 1.807) is 45.4 Å². The van der Waals surface area contributed by atoms with Crippen LogP contribution >= 0.6 is 0 Å². The van der Waals surface area contributed by atoms with Gasteiger partial charge in [-0.25, -0.2) is 5.01 Å². The van der Waals surface area contributed by atoms with E-state index < -0.39 is 0 Å². The number of para-hydroxylation sites is 1. The minimum Gasteiger partial charge on any atom is -0.507 e. The molecule has 2 aromatic carbocycles. The summed E-state index contributed by atoms with van der Waals surface area (Å²) in [6.07, 6.45) is 0.842. The van der Waals surface area contributed by atoms with Crippen molar-refractivity contribution in [2.24, 2.45) is 5.10 Å². The van der Waals surface area contributed by atoms with Crippen molar-refractivity contribution in [3.05, 3.63) is 53.6 Å². The van der Waals surface area contributed by atoms with Crippen LogP contribution in [0.2, 0.25) is 0 Å². The predicted molar refractivity (Wildman–Crippen MR) is 98.7 cm³/mol. The Labute approximate surface area is 152 Å². The second-order valence-corrected chi connectivity index (χ2v) is 6.02. The average Bonchev–Trinajstić information content (AvgIpc) is 3.12. The minimum atomic E-state index is -0.277. The second-order valence-electron chi connectivity index (χ2n) is 6.02. The number of nitrogens with zero attached hydrogens (tertiary/aromatic N) is 2. The molecule has 1 atom stereocenters. The molecular formula is C20H22N2O4. The van der Waals surface area contributed by atoms with Crippen molar-refractivity contribution in [3.63, 3.8) is 0 Å². The predicted octanol–water partition coefficient (Wildman–Crippen LogP) is 3.50. The number of hydrogen-bond acceptors (Lipinski definition) is 5. The molecular weight excluding hydrogens is 332 g/mol. The Morgan fingerprint density at radius 1 is 1.19 bits per heavy atom. The van der Waals surface area contributed by atoms with Crippen LogP contribution in [0.1, 0.15) is 36.9 Å². The van der Waals surface area contributed by atoms with E-state index in [-0.39, 0.29) is 17.7 Å². The highest BCUT2D eigenvalue weighted by atomic mass is 16.5. The number of phenolic OH excluding ortho intramolecular Hbond substituents is 1. The van der Waals surface area contributed by atoms with Gasteiger partial charge in [0.2, 0.25) is 5.91 Å². The van der Waals surface area contributed by atoms with Crippen LogP contribution in [0.25, 0.3) is 0 Å². The number of hydrogen-bond donors (Lipinski definition) is 1. The Kier molecular flexibility index (Phi) is 5.11. The van der Waals surface area contributed by atoms with E-state index in [2.05, 4.69) is 5.10 Å². The van der Waals surface area contributed by atoms with Crippen molar-refractivity contribution in [3.8, 4) is 17.2 Å². The molecule has 1 N–H and O–H groups in total. The van der Waals surface area contributed by atoms with Crippen molar-refractivity contribution in [1.82, 2.24) is 5.01 Å². The number of aromatic hydroxyl groups is 1. The molecule has 3 rings (SSSR count). The van der Waals surface area contributed by atoms with Crippen LogP contribution in [-0.2, 0) is 4.79 Å². The van der Waals surface area contributed by atoms with Crippen LogP contribution < -0.4 is 9.47 Å². The minimum absolute atomic E-state index is 0.0813. The third-order valence-corrected chi connectivity index (χ3v) is 4.44. The molecule has 1 amide bonds. The SMILES string of the molecule is CCC(=O)N1N=C(c2ccccc2O)C[C@@H]1c1cc(OC)cc(OC)c1. The molecule has 0 spiro atoms. The van der Waals surface area contributed by atoms with E-state index in [0.29, 0.717) is 35.6 Å². The number of rotatable bonds is 5. The summed E-state index contributed by atoms with van der Waals surface area (Å²) in [5, 5.41) is 16.2. The molecule has 0 fully saturated rings. The number of carbonyl (C=O) groups is 1. The zero-order chi connectivity index (χ0) is 18.7. The molecule has 6 nitrogen and oxygen atoms in total. The zero-order valence-electron chi connectivity index (χ0n) is 15.1. The number of ether oxygens (including phenoxy) is 2. The van der Waals surface area contributed by atoms with Gasteiger partial charge >= 0.3 is 0 Å². The monoisotopic (exact) mass is 354 g/mol. The van der Waals surface area contributed by atoms with Gasteiger partial charge in [0.1, 0.15) is 17.2 Å². The van der Waals surface area contributed by atoms with E-state index in [9.17, 15) is 9.90 Å². The summed E-state index contributed by atoms with van der Waals surface area (Å²) in [6.45, 7) is 1.80. The molecule has 1 aliphatic rings. The van der Waals surface area contributed by atoms with Gasteiger partial charge in [-0.15, -0.1) is 0 Å². The highest BCUT2D eigenvalue weighted by Gasteiger charge is 2.33. The van der Waals surface area contributed by atoms with Crippen molar-refractivity contribution in [1.29, 1.82) is 0 Å². The lowest BCUT2D eigenvalue weighted by molar-refractivity contribution is -0.132. The van der Waals surface area contributed by atoms with Gasteiger partial charge in [-0.1, -0.05) is 19.1 Å².